The highest BCUT2D eigenvalue weighted by molar-refractivity contribution is 14.0. The van der Waals surface area contributed by atoms with Crippen LogP contribution in [0.15, 0.2) is 4.99 Å². The second-order valence-corrected chi connectivity index (χ2v) is 6.19. The van der Waals surface area contributed by atoms with Crippen molar-refractivity contribution < 1.29 is 4.74 Å². The van der Waals surface area contributed by atoms with Crippen LogP contribution in [0.2, 0.25) is 0 Å². The Bertz CT molecular complexity index is 319. The molecule has 0 aromatic heterocycles. The van der Waals surface area contributed by atoms with Gasteiger partial charge in [-0.2, -0.15) is 0 Å². The van der Waals surface area contributed by atoms with E-state index in [1.54, 1.807) is 0 Å². The molecule has 0 amide bonds. The molecular weight excluding hydrogens is 379 g/mol. The van der Waals surface area contributed by atoms with Crippen LogP contribution in [0.5, 0.6) is 0 Å². The molecule has 2 heterocycles. The summed E-state index contributed by atoms with van der Waals surface area (Å²) in [4.78, 5) is 9.41. The summed E-state index contributed by atoms with van der Waals surface area (Å²) in [6, 6.07) is 0.669. The predicted molar refractivity (Wildman–Crippen MR) is 98.6 cm³/mol. The summed E-state index contributed by atoms with van der Waals surface area (Å²) in [7, 11) is 1.89. The fraction of sp³-hybridized carbons (Fsp3) is 0.933. The summed E-state index contributed by atoms with van der Waals surface area (Å²) < 4.78 is 5.44. The van der Waals surface area contributed by atoms with Crippen LogP contribution in [0.25, 0.3) is 0 Å². The topological polar surface area (TPSA) is 40.1 Å². The Morgan fingerprint density at radius 3 is 2.62 bits per heavy atom. The molecule has 124 valence electrons. The van der Waals surface area contributed by atoms with E-state index >= 15 is 0 Å². The highest BCUT2D eigenvalue weighted by atomic mass is 127. The lowest BCUT2D eigenvalue weighted by Crippen LogP contribution is -2.46. The Kier molecular flexibility index (Phi) is 8.89. The molecule has 2 rings (SSSR count). The molecule has 0 aromatic carbocycles. The minimum atomic E-state index is 0. The third kappa shape index (κ3) is 5.90. The van der Waals surface area contributed by atoms with E-state index < -0.39 is 0 Å². The molecule has 2 aliphatic heterocycles. The number of nitrogens with one attached hydrogen (secondary N) is 1. The van der Waals surface area contributed by atoms with Crippen molar-refractivity contribution in [1.82, 2.24) is 15.1 Å². The quantitative estimate of drug-likeness (QED) is 0.435. The zero-order valence-corrected chi connectivity index (χ0v) is 16.0. The number of halogens is 1. The molecule has 1 atom stereocenters. The summed E-state index contributed by atoms with van der Waals surface area (Å²) >= 11 is 0. The van der Waals surface area contributed by atoms with E-state index in [0.29, 0.717) is 6.04 Å². The fourth-order valence-corrected chi connectivity index (χ4v) is 2.98. The molecule has 2 saturated heterocycles. The second-order valence-electron chi connectivity index (χ2n) is 6.19. The normalized spacial score (nSPS) is 24.3. The van der Waals surface area contributed by atoms with Gasteiger partial charge in [0.25, 0.3) is 0 Å². The maximum atomic E-state index is 5.44. The van der Waals surface area contributed by atoms with Gasteiger partial charge in [0.1, 0.15) is 0 Å². The first-order chi connectivity index (χ1) is 9.70. The monoisotopic (exact) mass is 410 g/mol. The van der Waals surface area contributed by atoms with Gasteiger partial charge in [0, 0.05) is 45.8 Å². The van der Waals surface area contributed by atoms with E-state index in [4.69, 9.17) is 4.74 Å². The van der Waals surface area contributed by atoms with Crippen LogP contribution in [-0.2, 0) is 4.74 Å². The van der Waals surface area contributed by atoms with Gasteiger partial charge in [-0.05, 0) is 18.8 Å². The van der Waals surface area contributed by atoms with Crippen molar-refractivity contribution in [3.63, 3.8) is 0 Å². The molecule has 1 N–H and O–H groups in total. The van der Waals surface area contributed by atoms with Gasteiger partial charge in [0.2, 0.25) is 0 Å². The van der Waals surface area contributed by atoms with Gasteiger partial charge >= 0.3 is 0 Å². The van der Waals surface area contributed by atoms with E-state index in [2.05, 4.69) is 34.0 Å². The minimum Gasteiger partial charge on any atom is -0.379 e. The molecule has 2 aliphatic rings. The molecular formula is C15H31IN4O. The van der Waals surface area contributed by atoms with Crippen LogP contribution in [0.3, 0.4) is 0 Å². The Morgan fingerprint density at radius 1 is 1.29 bits per heavy atom. The summed E-state index contributed by atoms with van der Waals surface area (Å²) in [5.41, 5.74) is 0. The highest BCUT2D eigenvalue weighted by Gasteiger charge is 2.30. The number of rotatable bonds is 4. The van der Waals surface area contributed by atoms with Crippen LogP contribution in [0.4, 0.5) is 0 Å². The molecule has 6 heteroatoms. The molecule has 21 heavy (non-hydrogen) atoms. The number of likely N-dealkylation sites (tertiary alicyclic amines) is 1. The number of nitrogens with zero attached hydrogens (tertiary/aromatic N) is 3. The van der Waals surface area contributed by atoms with Gasteiger partial charge in [-0.3, -0.25) is 9.89 Å². The summed E-state index contributed by atoms with van der Waals surface area (Å²) in [6.45, 7) is 11.7. The maximum absolute atomic E-state index is 5.44. The Balaban J connectivity index is 0.00000220. The molecule has 1 unspecified atom stereocenters. The zero-order valence-electron chi connectivity index (χ0n) is 13.7. The molecule has 0 saturated carbocycles. The summed E-state index contributed by atoms with van der Waals surface area (Å²) in [6.07, 6.45) is 2.44. The number of hydrogen-bond acceptors (Lipinski definition) is 3. The molecule has 0 radical (unpaired) electrons. The number of hydrogen-bond donors (Lipinski definition) is 1. The Hall–Kier alpha value is -0.0800. The van der Waals surface area contributed by atoms with E-state index in [9.17, 15) is 0 Å². The van der Waals surface area contributed by atoms with Crippen molar-refractivity contribution in [2.24, 2.45) is 10.9 Å². The zero-order chi connectivity index (χ0) is 14.4. The van der Waals surface area contributed by atoms with Gasteiger partial charge in [-0.15, -0.1) is 24.0 Å². The lowest BCUT2D eigenvalue weighted by molar-refractivity contribution is 0.0195. The fourth-order valence-electron chi connectivity index (χ4n) is 2.98. The highest BCUT2D eigenvalue weighted by Crippen LogP contribution is 2.17. The number of morpholine rings is 1. The van der Waals surface area contributed by atoms with Crippen molar-refractivity contribution in [1.29, 1.82) is 0 Å². The van der Waals surface area contributed by atoms with E-state index in [1.807, 2.05) is 7.05 Å². The average molecular weight is 410 g/mol. The van der Waals surface area contributed by atoms with Crippen molar-refractivity contribution >= 4 is 29.9 Å². The van der Waals surface area contributed by atoms with Crippen molar-refractivity contribution in [3.8, 4) is 0 Å². The van der Waals surface area contributed by atoms with Crippen LogP contribution >= 0.6 is 24.0 Å². The maximum Gasteiger partial charge on any atom is 0.193 e. The van der Waals surface area contributed by atoms with Gasteiger partial charge < -0.3 is 15.0 Å². The molecule has 0 aliphatic carbocycles. The van der Waals surface area contributed by atoms with Crippen LogP contribution in [0, 0.1) is 5.92 Å². The SMILES string of the molecule is CN=C(NCCC(C)C)N1CCC(N2CCOCC2)C1.I. The molecule has 0 spiro atoms. The van der Waals surface area contributed by atoms with Crippen LogP contribution in [0.1, 0.15) is 26.7 Å². The number of guanidine groups is 1. The van der Waals surface area contributed by atoms with Gasteiger partial charge in [-0.25, -0.2) is 0 Å². The Morgan fingerprint density at radius 2 is 2.00 bits per heavy atom. The van der Waals surface area contributed by atoms with E-state index in [-0.39, 0.29) is 24.0 Å². The summed E-state index contributed by atoms with van der Waals surface area (Å²) in [5.74, 6) is 1.81. The lowest BCUT2D eigenvalue weighted by atomic mass is 10.1. The number of aliphatic imine (C=N–C) groups is 1. The lowest BCUT2D eigenvalue weighted by Gasteiger charge is -2.32. The first-order valence-electron chi connectivity index (χ1n) is 7.98. The van der Waals surface area contributed by atoms with Crippen molar-refractivity contribution in [3.05, 3.63) is 0 Å². The van der Waals surface area contributed by atoms with Crippen molar-refractivity contribution in [2.45, 2.75) is 32.7 Å². The largest absolute Gasteiger partial charge is 0.379 e. The van der Waals surface area contributed by atoms with Gasteiger partial charge in [0.05, 0.1) is 13.2 Å². The van der Waals surface area contributed by atoms with E-state index in [0.717, 1.165) is 57.8 Å². The minimum absolute atomic E-state index is 0. The van der Waals surface area contributed by atoms with Crippen molar-refractivity contribution in [2.75, 3.05) is 53.0 Å². The van der Waals surface area contributed by atoms with Gasteiger partial charge in [0.15, 0.2) is 5.96 Å². The smallest absolute Gasteiger partial charge is 0.193 e. The first-order valence-corrected chi connectivity index (χ1v) is 7.98. The average Bonchev–Trinajstić information content (AvgIpc) is 2.94. The third-order valence-corrected chi connectivity index (χ3v) is 4.24. The third-order valence-electron chi connectivity index (χ3n) is 4.24. The Labute approximate surface area is 146 Å². The van der Waals surface area contributed by atoms with E-state index in [1.165, 1.54) is 12.8 Å². The molecule has 0 aromatic rings. The molecule has 2 fully saturated rings. The predicted octanol–water partition coefficient (Wildman–Crippen LogP) is 1.63. The number of ether oxygens (including phenoxy) is 1. The van der Waals surface area contributed by atoms with Gasteiger partial charge in [-0.1, -0.05) is 13.8 Å². The van der Waals surface area contributed by atoms with Crippen LogP contribution < -0.4 is 5.32 Å². The standard InChI is InChI=1S/C15H30N4O.HI/c1-13(2)4-6-17-15(16-3)19-7-5-14(12-19)18-8-10-20-11-9-18;/h13-14H,4-12H2,1-3H3,(H,16,17);1H. The molecule has 0 bridgehead atoms. The molecule has 5 nitrogen and oxygen atoms in total. The van der Waals surface area contributed by atoms with Crippen LogP contribution in [-0.4, -0.2) is 74.8 Å². The second kappa shape index (κ2) is 9.84. The first kappa shape index (κ1) is 19.0. The summed E-state index contributed by atoms with van der Waals surface area (Å²) in [5, 5.41) is 3.50.